The fourth-order valence-electron chi connectivity index (χ4n) is 2.68. The highest BCUT2D eigenvalue weighted by Gasteiger charge is 2.20. The second-order valence-electron chi connectivity index (χ2n) is 8.00. The Morgan fingerprint density at radius 2 is 1.69 bits per heavy atom. The lowest BCUT2D eigenvalue weighted by molar-refractivity contribution is 0.0958. The summed E-state index contributed by atoms with van der Waals surface area (Å²) in [6.45, 7) is 6.11. The van der Waals surface area contributed by atoms with Crippen LogP contribution >= 0.6 is 0 Å². The maximum absolute atomic E-state index is 12.3. The zero-order valence-corrected chi connectivity index (χ0v) is 19.1. The standard InChI is InChI=1S/C20H24N8O3S/c1-20(2,3)14-8-9-15(26-25-14)24-16-11-12(17(28-27-16)19(29)21-4)23-18-13(32(5,30)31)7-6-10-22-18/h6-11H,1-5H3,(H,21,29)(H2,22,23,24,26,27). The van der Waals surface area contributed by atoms with E-state index in [0.29, 0.717) is 5.82 Å². The van der Waals surface area contributed by atoms with Crippen LogP contribution in [0.4, 0.5) is 23.1 Å². The summed E-state index contributed by atoms with van der Waals surface area (Å²) in [5.74, 6) is 0.265. The fourth-order valence-corrected chi connectivity index (χ4v) is 3.46. The molecule has 0 fully saturated rings. The summed E-state index contributed by atoms with van der Waals surface area (Å²) in [6.07, 6.45) is 2.52. The van der Waals surface area contributed by atoms with Crippen LogP contribution in [0.2, 0.25) is 0 Å². The van der Waals surface area contributed by atoms with Crippen LogP contribution in [0.15, 0.2) is 41.4 Å². The molecule has 0 aliphatic carbocycles. The van der Waals surface area contributed by atoms with Gasteiger partial charge in [-0.15, -0.1) is 15.3 Å². The largest absolute Gasteiger partial charge is 0.354 e. The normalized spacial score (nSPS) is 11.7. The highest BCUT2D eigenvalue weighted by Crippen LogP contribution is 2.26. The highest BCUT2D eigenvalue weighted by atomic mass is 32.2. The minimum absolute atomic E-state index is 0.0159. The minimum atomic E-state index is -3.56. The van der Waals surface area contributed by atoms with Crippen molar-refractivity contribution in [1.29, 1.82) is 0 Å². The van der Waals surface area contributed by atoms with Crippen molar-refractivity contribution in [2.45, 2.75) is 31.1 Å². The molecule has 0 atom stereocenters. The number of pyridine rings is 1. The van der Waals surface area contributed by atoms with Gasteiger partial charge >= 0.3 is 0 Å². The van der Waals surface area contributed by atoms with Gasteiger partial charge in [0, 0.05) is 31.0 Å². The highest BCUT2D eigenvalue weighted by molar-refractivity contribution is 7.90. The number of rotatable bonds is 6. The summed E-state index contributed by atoms with van der Waals surface area (Å²) in [4.78, 5) is 16.4. The number of carbonyl (C=O) groups excluding carboxylic acids is 1. The number of sulfone groups is 1. The van der Waals surface area contributed by atoms with Gasteiger partial charge in [0.15, 0.2) is 27.2 Å². The first kappa shape index (κ1) is 23.0. The average Bonchev–Trinajstić information content (AvgIpc) is 2.73. The number of nitrogens with one attached hydrogen (secondary N) is 3. The Morgan fingerprint density at radius 3 is 2.28 bits per heavy atom. The zero-order chi connectivity index (χ0) is 23.5. The monoisotopic (exact) mass is 456 g/mol. The van der Waals surface area contributed by atoms with E-state index in [4.69, 9.17) is 0 Å². The van der Waals surface area contributed by atoms with Crippen molar-refractivity contribution in [3.05, 3.63) is 47.9 Å². The van der Waals surface area contributed by atoms with Gasteiger partial charge in [-0.05, 0) is 24.3 Å². The van der Waals surface area contributed by atoms with Gasteiger partial charge in [-0.2, -0.15) is 5.10 Å². The van der Waals surface area contributed by atoms with E-state index >= 15 is 0 Å². The maximum atomic E-state index is 12.3. The van der Waals surface area contributed by atoms with E-state index in [1.165, 1.54) is 31.4 Å². The molecule has 0 radical (unpaired) electrons. The van der Waals surface area contributed by atoms with Gasteiger partial charge in [-0.25, -0.2) is 13.4 Å². The van der Waals surface area contributed by atoms with Crippen LogP contribution in [0.25, 0.3) is 0 Å². The van der Waals surface area contributed by atoms with E-state index in [-0.39, 0.29) is 33.3 Å². The van der Waals surface area contributed by atoms with E-state index in [1.807, 2.05) is 26.8 Å². The first-order chi connectivity index (χ1) is 15.0. The Morgan fingerprint density at radius 1 is 0.969 bits per heavy atom. The van der Waals surface area contributed by atoms with E-state index in [0.717, 1.165) is 11.9 Å². The Balaban J connectivity index is 1.97. The minimum Gasteiger partial charge on any atom is -0.354 e. The van der Waals surface area contributed by atoms with E-state index in [2.05, 4.69) is 41.3 Å². The Bertz CT molecular complexity index is 1240. The third kappa shape index (κ3) is 5.32. The molecule has 32 heavy (non-hydrogen) atoms. The van der Waals surface area contributed by atoms with Crippen LogP contribution in [-0.4, -0.2) is 53.0 Å². The molecule has 12 heteroatoms. The molecule has 168 valence electrons. The Kier molecular flexibility index (Phi) is 6.35. The first-order valence-electron chi connectivity index (χ1n) is 9.62. The molecule has 0 aliphatic heterocycles. The topological polar surface area (TPSA) is 152 Å². The smallest absolute Gasteiger partial charge is 0.273 e. The van der Waals surface area contributed by atoms with Crippen molar-refractivity contribution in [1.82, 2.24) is 30.7 Å². The van der Waals surface area contributed by atoms with Crippen LogP contribution in [0.5, 0.6) is 0 Å². The van der Waals surface area contributed by atoms with Crippen molar-refractivity contribution >= 4 is 38.9 Å². The van der Waals surface area contributed by atoms with Crippen molar-refractivity contribution in [3.8, 4) is 0 Å². The molecular weight excluding hydrogens is 432 g/mol. The van der Waals surface area contributed by atoms with Crippen molar-refractivity contribution in [3.63, 3.8) is 0 Å². The first-order valence-corrected chi connectivity index (χ1v) is 11.5. The third-order valence-electron chi connectivity index (χ3n) is 4.35. The second-order valence-corrected chi connectivity index (χ2v) is 9.98. The molecule has 0 unspecified atom stereocenters. The molecule has 0 saturated heterocycles. The van der Waals surface area contributed by atoms with Gasteiger partial charge in [0.2, 0.25) is 0 Å². The van der Waals surface area contributed by atoms with Crippen LogP contribution in [0.1, 0.15) is 37.0 Å². The number of hydrogen-bond acceptors (Lipinski definition) is 10. The number of carbonyl (C=O) groups is 1. The average molecular weight is 457 g/mol. The lowest BCUT2D eigenvalue weighted by Gasteiger charge is -2.17. The summed E-state index contributed by atoms with van der Waals surface area (Å²) in [7, 11) is -2.11. The van der Waals surface area contributed by atoms with Gasteiger partial charge in [-0.1, -0.05) is 20.8 Å². The van der Waals surface area contributed by atoms with Gasteiger partial charge in [0.05, 0.1) is 11.4 Å². The molecule has 0 saturated carbocycles. The third-order valence-corrected chi connectivity index (χ3v) is 5.48. The SMILES string of the molecule is CNC(=O)c1nnc(Nc2ccc(C(C)(C)C)nn2)cc1Nc1ncccc1S(C)(=O)=O. The van der Waals surface area contributed by atoms with Gasteiger partial charge in [-0.3, -0.25) is 4.79 Å². The summed E-state index contributed by atoms with van der Waals surface area (Å²) in [5.41, 5.74) is 0.870. The quantitative estimate of drug-likeness (QED) is 0.503. The number of hydrogen-bond donors (Lipinski definition) is 3. The molecule has 1 amide bonds. The predicted octanol–water partition coefficient (Wildman–Crippen LogP) is 2.21. The summed E-state index contributed by atoms with van der Waals surface area (Å²) in [5, 5.41) is 24.7. The van der Waals surface area contributed by atoms with E-state index in [1.54, 1.807) is 6.07 Å². The molecule has 0 bridgehead atoms. The maximum Gasteiger partial charge on any atom is 0.273 e. The molecule has 3 rings (SSSR count). The zero-order valence-electron chi connectivity index (χ0n) is 18.3. The molecule has 3 aromatic heterocycles. The van der Waals surface area contributed by atoms with Crippen molar-refractivity contribution in [2.75, 3.05) is 23.9 Å². The molecule has 3 N–H and O–H groups in total. The summed E-state index contributed by atoms with van der Waals surface area (Å²) < 4.78 is 24.2. The summed E-state index contributed by atoms with van der Waals surface area (Å²) >= 11 is 0. The van der Waals surface area contributed by atoms with Gasteiger partial charge in [0.1, 0.15) is 10.7 Å². The number of amides is 1. The van der Waals surface area contributed by atoms with E-state index < -0.39 is 15.7 Å². The second kappa shape index (κ2) is 8.83. The fraction of sp³-hybridized carbons (Fsp3) is 0.300. The van der Waals surface area contributed by atoms with Crippen LogP contribution < -0.4 is 16.0 Å². The van der Waals surface area contributed by atoms with Crippen LogP contribution in [0.3, 0.4) is 0 Å². The van der Waals surface area contributed by atoms with Crippen molar-refractivity contribution in [2.24, 2.45) is 0 Å². The Labute approximate surface area is 186 Å². The molecule has 11 nitrogen and oxygen atoms in total. The molecule has 3 aromatic rings. The molecule has 0 spiro atoms. The van der Waals surface area contributed by atoms with E-state index in [9.17, 15) is 13.2 Å². The summed E-state index contributed by atoms with van der Waals surface area (Å²) in [6, 6.07) is 8.06. The lowest BCUT2D eigenvalue weighted by Crippen LogP contribution is -2.22. The van der Waals surface area contributed by atoms with Crippen LogP contribution in [0, 0.1) is 0 Å². The molecule has 0 aliphatic rings. The molecule has 3 heterocycles. The van der Waals surface area contributed by atoms with Gasteiger partial charge < -0.3 is 16.0 Å². The van der Waals surface area contributed by atoms with Gasteiger partial charge in [0.25, 0.3) is 5.91 Å². The number of anilines is 4. The lowest BCUT2D eigenvalue weighted by atomic mass is 9.92. The predicted molar refractivity (Wildman–Crippen MR) is 120 cm³/mol. The Hall–Kier alpha value is -3.67. The van der Waals surface area contributed by atoms with Crippen molar-refractivity contribution < 1.29 is 13.2 Å². The number of aromatic nitrogens is 5. The van der Waals surface area contributed by atoms with Crippen LogP contribution in [-0.2, 0) is 15.3 Å². The molecule has 0 aromatic carbocycles. The molecular formula is C20H24N8O3S. The number of nitrogens with zero attached hydrogens (tertiary/aromatic N) is 5.